The first-order chi connectivity index (χ1) is 8.19. The zero-order valence-corrected chi connectivity index (χ0v) is 10.9. The van der Waals surface area contributed by atoms with Gasteiger partial charge in [-0.25, -0.2) is 4.39 Å². The summed E-state index contributed by atoms with van der Waals surface area (Å²) < 4.78 is 49.5. The van der Waals surface area contributed by atoms with E-state index in [1.54, 1.807) is 0 Å². The summed E-state index contributed by atoms with van der Waals surface area (Å²) in [5.74, 6) is -1.38. The highest BCUT2D eigenvalue weighted by molar-refractivity contribution is 9.10. The molecule has 0 bridgehead atoms. The van der Waals surface area contributed by atoms with Crippen LogP contribution < -0.4 is 5.32 Å². The van der Waals surface area contributed by atoms with E-state index < -0.39 is 30.4 Å². The van der Waals surface area contributed by atoms with Gasteiger partial charge >= 0.3 is 6.18 Å². The topological polar surface area (TPSA) is 29.1 Å². The van der Waals surface area contributed by atoms with Crippen LogP contribution in [0.1, 0.15) is 23.7 Å². The molecule has 7 heteroatoms. The van der Waals surface area contributed by atoms with Crippen LogP contribution in [0.5, 0.6) is 0 Å². The lowest BCUT2D eigenvalue weighted by molar-refractivity contribution is -0.138. The molecule has 1 N–H and O–H groups in total. The van der Waals surface area contributed by atoms with E-state index >= 15 is 0 Å². The van der Waals surface area contributed by atoms with Crippen molar-refractivity contribution in [2.75, 3.05) is 0 Å². The molecule has 18 heavy (non-hydrogen) atoms. The highest BCUT2D eigenvalue weighted by atomic mass is 79.9. The summed E-state index contributed by atoms with van der Waals surface area (Å²) in [6, 6.07) is 2.34. The molecule has 0 aromatic heterocycles. The first-order valence-electron chi connectivity index (χ1n) is 5.01. The van der Waals surface area contributed by atoms with Crippen molar-refractivity contribution in [1.29, 1.82) is 0 Å². The van der Waals surface area contributed by atoms with Gasteiger partial charge in [0.1, 0.15) is 5.82 Å². The number of hydrogen-bond acceptors (Lipinski definition) is 1. The Morgan fingerprint density at radius 1 is 1.44 bits per heavy atom. The predicted molar refractivity (Wildman–Crippen MR) is 61.7 cm³/mol. The van der Waals surface area contributed by atoms with Crippen LogP contribution in [0.15, 0.2) is 22.7 Å². The summed E-state index contributed by atoms with van der Waals surface area (Å²) in [7, 11) is 0. The largest absolute Gasteiger partial charge is 0.391 e. The SMILES string of the molecule is CC(CC(F)(F)F)NC(=O)c1cc(F)ccc1Br. The van der Waals surface area contributed by atoms with Crippen LogP contribution in [0, 0.1) is 5.82 Å². The second-order valence-electron chi connectivity index (χ2n) is 3.82. The molecule has 1 unspecified atom stereocenters. The Bertz CT molecular complexity index is 447. The lowest BCUT2D eigenvalue weighted by Crippen LogP contribution is -2.36. The molecule has 2 nitrogen and oxygen atoms in total. The van der Waals surface area contributed by atoms with Crippen molar-refractivity contribution in [3.05, 3.63) is 34.1 Å². The average Bonchev–Trinajstić information content (AvgIpc) is 2.18. The molecule has 1 aromatic carbocycles. The van der Waals surface area contributed by atoms with E-state index in [0.717, 1.165) is 12.1 Å². The fraction of sp³-hybridized carbons (Fsp3) is 0.364. The molecule has 0 aliphatic rings. The van der Waals surface area contributed by atoms with Gasteiger partial charge in [0.25, 0.3) is 5.91 Å². The van der Waals surface area contributed by atoms with Gasteiger partial charge in [-0.3, -0.25) is 4.79 Å². The number of hydrogen-bond donors (Lipinski definition) is 1. The van der Waals surface area contributed by atoms with Crippen LogP contribution >= 0.6 is 15.9 Å². The van der Waals surface area contributed by atoms with E-state index in [1.807, 2.05) is 0 Å². The van der Waals surface area contributed by atoms with E-state index in [-0.39, 0.29) is 5.56 Å². The number of amides is 1. The lowest BCUT2D eigenvalue weighted by Gasteiger charge is -2.16. The normalized spacial score (nSPS) is 13.2. The molecule has 1 aromatic rings. The van der Waals surface area contributed by atoms with Crippen LogP contribution in [-0.2, 0) is 0 Å². The van der Waals surface area contributed by atoms with E-state index in [4.69, 9.17) is 0 Å². The van der Waals surface area contributed by atoms with Crippen molar-refractivity contribution in [2.24, 2.45) is 0 Å². The number of carbonyl (C=O) groups is 1. The molecule has 1 amide bonds. The van der Waals surface area contributed by atoms with Gasteiger partial charge in [0.05, 0.1) is 12.0 Å². The highest BCUT2D eigenvalue weighted by Crippen LogP contribution is 2.22. The summed E-state index contributed by atoms with van der Waals surface area (Å²) in [4.78, 5) is 11.6. The Labute approximate surface area is 109 Å². The summed E-state index contributed by atoms with van der Waals surface area (Å²) >= 11 is 3.03. The summed E-state index contributed by atoms with van der Waals surface area (Å²) in [5.41, 5.74) is -0.0379. The summed E-state index contributed by atoms with van der Waals surface area (Å²) in [6.07, 6.45) is -5.49. The Kier molecular flexibility index (Phi) is 4.72. The Balaban J connectivity index is 2.74. The fourth-order valence-electron chi connectivity index (χ4n) is 1.37. The first kappa shape index (κ1) is 14.9. The van der Waals surface area contributed by atoms with Gasteiger partial charge in [0.15, 0.2) is 0 Å². The number of alkyl halides is 3. The van der Waals surface area contributed by atoms with E-state index in [2.05, 4.69) is 21.2 Å². The van der Waals surface area contributed by atoms with E-state index in [9.17, 15) is 22.4 Å². The van der Waals surface area contributed by atoms with Crippen LogP contribution in [0.4, 0.5) is 17.6 Å². The molecule has 0 saturated carbocycles. The summed E-state index contributed by atoms with van der Waals surface area (Å²) in [5, 5.41) is 2.17. The molecule has 1 atom stereocenters. The number of benzene rings is 1. The van der Waals surface area contributed by atoms with Crippen LogP contribution in [-0.4, -0.2) is 18.1 Å². The Hall–Kier alpha value is -1.11. The molecule has 0 heterocycles. The number of nitrogens with one attached hydrogen (secondary N) is 1. The minimum absolute atomic E-state index is 0.0379. The second kappa shape index (κ2) is 5.69. The third-order valence-electron chi connectivity index (χ3n) is 2.09. The van der Waals surface area contributed by atoms with Crippen molar-refractivity contribution < 1.29 is 22.4 Å². The van der Waals surface area contributed by atoms with Gasteiger partial charge in [0.2, 0.25) is 0 Å². The highest BCUT2D eigenvalue weighted by Gasteiger charge is 2.30. The zero-order chi connectivity index (χ0) is 13.9. The van der Waals surface area contributed by atoms with Crippen molar-refractivity contribution in [2.45, 2.75) is 25.6 Å². The van der Waals surface area contributed by atoms with E-state index in [0.29, 0.717) is 4.47 Å². The predicted octanol–water partition coefficient (Wildman–Crippen LogP) is 3.66. The minimum Gasteiger partial charge on any atom is -0.349 e. The van der Waals surface area contributed by atoms with Gasteiger partial charge in [-0.1, -0.05) is 0 Å². The standard InChI is InChI=1S/C11H10BrF4NO/c1-6(5-11(14,15)16)17-10(18)8-4-7(13)2-3-9(8)12/h2-4,6H,5H2,1H3,(H,17,18). The molecule has 0 aliphatic heterocycles. The molecular formula is C11H10BrF4NO. The molecule has 100 valence electrons. The Morgan fingerprint density at radius 2 is 2.06 bits per heavy atom. The minimum atomic E-state index is -4.36. The molecule has 1 rings (SSSR count). The summed E-state index contributed by atoms with van der Waals surface area (Å²) in [6.45, 7) is 1.23. The van der Waals surface area contributed by atoms with Gasteiger partial charge in [-0.05, 0) is 41.1 Å². The number of carbonyl (C=O) groups excluding carboxylic acids is 1. The average molecular weight is 328 g/mol. The zero-order valence-electron chi connectivity index (χ0n) is 9.31. The maximum atomic E-state index is 12.9. The molecule has 0 saturated heterocycles. The molecule has 0 aliphatic carbocycles. The fourth-order valence-corrected chi connectivity index (χ4v) is 1.80. The maximum Gasteiger partial charge on any atom is 0.391 e. The molecule has 0 radical (unpaired) electrons. The van der Waals surface area contributed by atoms with Gasteiger partial charge in [-0.15, -0.1) is 0 Å². The third-order valence-corrected chi connectivity index (χ3v) is 2.78. The van der Waals surface area contributed by atoms with E-state index in [1.165, 1.54) is 13.0 Å². The van der Waals surface area contributed by atoms with Gasteiger partial charge < -0.3 is 5.32 Å². The third kappa shape index (κ3) is 4.64. The number of halogens is 5. The van der Waals surface area contributed by atoms with Crippen molar-refractivity contribution >= 4 is 21.8 Å². The second-order valence-corrected chi connectivity index (χ2v) is 4.67. The maximum absolute atomic E-state index is 12.9. The Morgan fingerprint density at radius 3 is 2.61 bits per heavy atom. The quantitative estimate of drug-likeness (QED) is 0.843. The molecule has 0 fully saturated rings. The van der Waals surface area contributed by atoms with Crippen molar-refractivity contribution in [3.63, 3.8) is 0 Å². The van der Waals surface area contributed by atoms with Crippen LogP contribution in [0.2, 0.25) is 0 Å². The van der Waals surface area contributed by atoms with Crippen molar-refractivity contribution in [1.82, 2.24) is 5.32 Å². The van der Waals surface area contributed by atoms with Crippen LogP contribution in [0.25, 0.3) is 0 Å². The smallest absolute Gasteiger partial charge is 0.349 e. The lowest BCUT2D eigenvalue weighted by atomic mass is 10.1. The first-order valence-corrected chi connectivity index (χ1v) is 5.81. The molecular weight excluding hydrogens is 318 g/mol. The van der Waals surface area contributed by atoms with Crippen LogP contribution in [0.3, 0.4) is 0 Å². The van der Waals surface area contributed by atoms with Gasteiger partial charge in [0, 0.05) is 10.5 Å². The van der Waals surface area contributed by atoms with Gasteiger partial charge in [-0.2, -0.15) is 13.2 Å². The van der Waals surface area contributed by atoms with Crippen molar-refractivity contribution in [3.8, 4) is 0 Å². The number of rotatable bonds is 3. The molecule has 0 spiro atoms. The monoisotopic (exact) mass is 327 g/mol.